The molecule has 168 valence electrons. The van der Waals surface area contributed by atoms with Crippen LogP contribution in [0.3, 0.4) is 0 Å². The van der Waals surface area contributed by atoms with Gasteiger partial charge in [0.15, 0.2) is 12.1 Å². The molecule has 31 heavy (non-hydrogen) atoms. The van der Waals surface area contributed by atoms with Gasteiger partial charge in [0.25, 0.3) is 0 Å². The molecular formula is C22H30ClN5O2S. The number of para-hydroxylation sites is 1. The van der Waals surface area contributed by atoms with Crippen LogP contribution in [0.5, 0.6) is 0 Å². The van der Waals surface area contributed by atoms with Crippen LogP contribution in [0, 0.1) is 0 Å². The van der Waals surface area contributed by atoms with E-state index >= 15 is 0 Å². The molecule has 0 saturated heterocycles. The molecule has 0 aliphatic rings. The number of benzene rings is 1. The van der Waals surface area contributed by atoms with Gasteiger partial charge in [0.05, 0.1) is 18.6 Å². The number of anilines is 1. The summed E-state index contributed by atoms with van der Waals surface area (Å²) in [5.41, 5.74) is 6.63. The third-order valence-corrected chi connectivity index (χ3v) is 5.79. The summed E-state index contributed by atoms with van der Waals surface area (Å²) in [6.45, 7) is 7.81. The van der Waals surface area contributed by atoms with Gasteiger partial charge in [0.1, 0.15) is 5.82 Å². The van der Waals surface area contributed by atoms with E-state index in [0.29, 0.717) is 23.3 Å². The maximum Gasteiger partial charge on any atom is 0.187 e. The van der Waals surface area contributed by atoms with Crippen LogP contribution in [-0.4, -0.2) is 32.9 Å². The van der Waals surface area contributed by atoms with Crippen molar-refractivity contribution in [3.63, 3.8) is 0 Å². The van der Waals surface area contributed by atoms with E-state index in [9.17, 15) is 5.11 Å². The van der Waals surface area contributed by atoms with E-state index < -0.39 is 6.23 Å². The minimum atomic E-state index is -1.05. The molecule has 1 unspecified atom stereocenters. The fourth-order valence-electron chi connectivity index (χ4n) is 2.76. The van der Waals surface area contributed by atoms with Crippen molar-refractivity contribution in [2.24, 2.45) is 0 Å². The largest absolute Gasteiger partial charge is 0.367 e. The summed E-state index contributed by atoms with van der Waals surface area (Å²) in [7, 11) is 1.59. The first-order valence-corrected chi connectivity index (χ1v) is 11.6. The number of nitrogens with one attached hydrogen (secondary N) is 2. The number of hydrogen-bond acceptors (Lipinski definition) is 7. The minimum absolute atomic E-state index is 0.360. The highest BCUT2D eigenvalue weighted by molar-refractivity contribution is 7.97. The second-order valence-corrected chi connectivity index (χ2v) is 7.92. The predicted octanol–water partition coefficient (Wildman–Crippen LogP) is 4.84. The summed E-state index contributed by atoms with van der Waals surface area (Å²) in [6.07, 6.45) is 5.35. The van der Waals surface area contributed by atoms with Crippen molar-refractivity contribution in [2.75, 3.05) is 18.5 Å². The van der Waals surface area contributed by atoms with Crippen LogP contribution in [0.2, 0.25) is 0 Å². The van der Waals surface area contributed by atoms with Gasteiger partial charge in [-0.15, -0.1) is 33.6 Å². The van der Waals surface area contributed by atoms with Crippen LogP contribution in [0.4, 0.5) is 5.69 Å². The SMILES string of the molecule is C=Cn1c(CSCc2ccccc2NOC)nnc1C(O)NC(/C=C\CC)=C(\C)CCl. The number of aliphatic hydroxyl groups excluding tert-OH is 1. The van der Waals surface area contributed by atoms with Crippen molar-refractivity contribution in [1.82, 2.24) is 20.1 Å². The van der Waals surface area contributed by atoms with Crippen molar-refractivity contribution in [3.05, 3.63) is 71.5 Å². The predicted molar refractivity (Wildman–Crippen MR) is 129 cm³/mol. The molecule has 0 saturated carbocycles. The van der Waals surface area contributed by atoms with E-state index in [-0.39, 0.29) is 0 Å². The highest BCUT2D eigenvalue weighted by atomic mass is 35.5. The average molecular weight is 464 g/mol. The molecule has 0 aliphatic carbocycles. The molecule has 0 amide bonds. The summed E-state index contributed by atoms with van der Waals surface area (Å²) < 4.78 is 1.71. The first-order chi connectivity index (χ1) is 15.0. The van der Waals surface area contributed by atoms with Crippen LogP contribution in [0.15, 0.2) is 54.3 Å². The zero-order chi connectivity index (χ0) is 22.6. The Bertz CT molecular complexity index is 913. The van der Waals surface area contributed by atoms with Crippen molar-refractivity contribution in [3.8, 4) is 0 Å². The second-order valence-electron chi connectivity index (χ2n) is 6.67. The molecule has 0 aliphatic heterocycles. The van der Waals surface area contributed by atoms with Crippen molar-refractivity contribution in [2.45, 2.75) is 38.0 Å². The topological polar surface area (TPSA) is 84.2 Å². The third-order valence-electron chi connectivity index (χ3n) is 4.41. The molecule has 0 fully saturated rings. The van der Waals surface area contributed by atoms with Gasteiger partial charge in [-0.2, -0.15) is 0 Å². The number of aliphatic hydroxyl groups is 1. The summed E-state index contributed by atoms with van der Waals surface area (Å²) in [6, 6.07) is 7.95. The Kier molecular flexibility index (Phi) is 10.7. The van der Waals surface area contributed by atoms with E-state index in [1.165, 1.54) is 0 Å². The molecule has 2 aromatic rings. The smallest absolute Gasteiger partial charge is 0.187 e. The van der Waals surface area contributed by atoms with Gasteiger partial charge in [0.2, 0.25) is 0 Å². The molecule has 0 bridgehead atoms. The zero-order valence-electron chi connectivity index (χ0n) is 18.1. The van der Waals surface area contributed by atoms with Crippen LogP contribution in [0.1, 0.15) is 43.7 Å². The average Bonchev–Trinajstić information content (AvgIpc) is 3.20. The molecule has 9 heteroatoms. The molecule has 1 aromatic heterocycles. The fourth-order valence-corrected chi connectivity index (χ4v) is 3.86. The van der Waals surface area contributed by atoms with Gasteiger partial charge in [-0.3, -0.25) is 14.9 Å². The fraction of sp³-hybridized carbons (Fsp3) is 0.364. The lowest BCUT2D eigenvalue weighted by Crippen LogP contribution is -2.23. The number of nitrogens with zero attached hydrogens (tertiary/aromatic N) is 3. The molecule has 2 rings (SSSR count). The Morgan fingerprint density at radius 2 is 2.13 bits per heavy atom. The van der Waals surface area contributed by atoms with Crippen molar-refractivity contribution in [1.29, 1.82) is 0 Å². The molecule has 1 heterocycles. The molecule has 3 N–H and O–H groups in total. The lowest BCUT2D eigenvalue weighted by molar-refractivity contribution is 0.141. The van der Waals surface area contributed by atoms with Crippen molar-refractivity contribution >= 4 is 35.3 Å². The van der Waals surface area contributed by atoms with Gasteiger partial charge in [-0.1, -0.05) is 37.8 Å². The number of thioether (sulfide) groups is 1. The lowest BCUT2D eigenvalue weighted by atomic mass is 10.2. The second kappa shape index (κ2) is 13.2. The van der Waals surface area contributed by atoms with Crippen LogP contribution in [0.25, 0.3) is 6.20 Å². The molecule has 7 nitrogen and oxygen atoms in total. The van der Waals surface area contributed by atoms with Gasteiger partial charge in [-0.05, 0) is 36.6 Å². The highest BCUT2D eigenvalue weighted by Gasteiger charge is 2.19. The Morgan fingerprint density at radius 3 is 2.81 bits per heavy atom. The van der Waals surface area contributed by atoms with Crippen LogP contribution < -0.4 is 10.8 Å². The van der Waals surface area contributed by atoms with Crippen LogP contribution >= 0.6 is 23.4 Å². The van der Waals surface area contributed by atoms with Gasteiger partial charge >= 0.3 is 0 Å². The van der Waals surface area contributed by atoms with E-state index in [1.54, 1.807) is 29.6 Å². The number of allylic oxidation sites excluding steroid dienone is 3. The van der Waals surface area contributed by atoms with Gasteiger partial charge < -0.3 is 10.4 Å². The van der Waals surface area contributed by atoms with E-state index in [1.807, 2.05) is 50.3 Å². The monoisotopic (exact) mass is 463 g/mol. The Labute approximate surface area is 193 Å². The van der Waals surface area contributed by atoms with Gasteiger partial charge in [-0.25, -0.2) is 0 Å². The molecule has 1 aromatic carbocycles. The normalized spacial score (nSPS) is 13.2. The maximum atomic E-state index is 10.7. The Hall–Kier alpha value is -2.26. The summed E-state index contributed by atoms with van der Waals surface area (Å²) in [4.78, 5) is 5.03. The number of aromatic nitrogens is 3. The Balaban J connectivity index is 2.10. The Morgan fingerprint density at radius 1 is 1.35 bits per heavy atom. The molecule has 0 radical (unpaired) electrons. The number of alkyl halides is 1. The number of hydrogen-bond donors (Lipinski definition) is 3. The summed E-state index contributed by atoms with van der Waals surface area (Å²) in [5, 5.41) is 22.2. The maximum absolute atomic E-state index is 10.7. The third kappa shape index (κ3) is 7.14. The van der Waals surface area contributed by atoms with Gasteiger partial charge in [0, 0.05) is 23.5 Å². The highest BCUT2D eigenvalue weighted by Crippen LogP contribution is 2.24. The molecule has 0 spiro atoms. The first-order valence-electron chi connectivity index (χ1n) is 9.93. The minimum Gasteiger partial charge on any atom is -0.367 e. The first kappa shape index (κ1) is 25.0. The summed E-state index contributed by atoms with van der Waals surface area (Å²) >= 11 is 7.66. The van der Waals surface area contributed by atoms with E-state index in [4.69, 9.17) is 16.4 Å². The standard InChI is InChI=1S/C22H30ClN5O2S/c1-5-7-11-18(16(3)13-23)24-22(29)21-26-25-20(28(21)6-2)15-31-14-17-10-8-9-12-19(17)27-30-4/h6-12,22,24,27,29H,2,5,13-15H2,1,3-4H3/b11-7-,18-16+. The molecular weight excluding hydrogens is 434 g/mol. The van der Waals surface area contributed by atoms with E-state index in [0.717, 1.165) is 34.7 Å². The van der Waals surface area contributed by atoms with Crippen molar-refractivity contribution < 1.29 is 9.94 Å². The lowest BCUT2D eigenvalue weighted by Gasteiger charge is -2.16. The zero-order valence-corrected chi connectivity index (χ0v) is 19.7. The van der Waals surface area contributed by atoms with E-state index in [2.05, 4.69) is 27.6 Å². The van der Waals surface area contributed by atoms with Crippen LogP contribution in [-0.2, 0) is 16.3 Å². The molecule has 1 atom stereocenters. The quantitative estimate of drug-likeness (QED) is 0.169. The number of halogens is 1. The number of rotatable bonds is 13. The summed E-state index contributed by atoms with van der Waals surface area (Å²) in [5.74, 6) is 2.80.